The van der Waals surface area contributed by atoms with E-state index in [-0.39, 0.29) is 18.7 Å². The van der Waals surface area contributed by atoms with Gasteiger partial charge in [0.15, 0.2) is 0 Å². The summed E-state index contributed by atoms with van der Waals surface area (Å²) in [7, 11) is 1.55. The molecule has 0 aliphatic heterocycles. The molecular formula is C18H21ClN2O3. The molecule has 1 unspecified atom stereocenters. The molecule has 3 N–H and O–H groups in total. The van der Waals surface area contributed by atoms with Crippen LogP contribution >= 0.6 is 11.6 Å². The van der Waals surface area contributed by atoms with E-state index >= 15 is 0 Å². The van der Waals surface area contributed by atoms with Gasteiger partial charge in [0.25, 0.3) is 0 Å². The van der Waals surface area contributed by atoms with Crippen LogP contribution in [-0.2, 0) is 0 Å². The molecule has 0 saturated heterocycles. The zero-order valence-corrected chi connectivity index (χ0v) is 14.2. The molecule has 0 fully saturated rings. The molecule has 24 heavy (non-hydrogen) atoms. The van der Waals surface area contributed by atoms with Crippen LogP contribution in [0, 0.1) is 0 Å². The highest BCUT2D eigenvalue weighted by Crippen LogP contribution is 2.27. The van der Waals surface area contributed by atoms with E-state index in [1.54, 1.807) is 25.3 Å². The Hall–Kier alpha value is -2.24. The zero-order chi connectivity index (χ0) is 17.4. The fraction of sp³-hybridized carbons (Fsp3) is 0.278. The van der Waals surface area contributed by atoms with Gasteiger partial charge in [-0.05, 0) is 30.5 Å². The third-order valence-corrected chi connectivity index (χ3v) is 3.90. The molecule has 0 radical (unpaired) electrons. The van der Waals surface area contributed by atoms with Gasteiger partial charge in [0.1, 0.15) is 5.75 Å². The lowest BCUT2D eigenvalue weighted by Gasteiger charge is -2.19. The van der Waals surface area contributed by atoms with Crippen molar-refractivity contribution >= 4 is 23.3 Å². The third kappa shape index (κ3) is 5.15. The van der Waals surface area contributed by atoms with Crippen LogP contribution in [0.3, 0.4) is 0 Å². The van der Waals surface area contributed by atoms with Crippen molar-refractivity contribution in [1.29, 1.82) is 0 Å². The van der Waals surface area contributed by atoms with E-state index in [2.05, 4.69) is 10.6 Å². The second-order valence-corrected chi connectivity index (χ2v) is 5.68. The van der Waals surface area contributed by atoms with E-state index in [1.165, 1.54) is 0 Å². The molecule has 1 atom stereocenters. The number of anilines is 1. The molecule has 6 heteroatoms. The fourth-order valence-electron chi connectivity index (χ4n) is 2.34. The van der Waals surface area contributed by atoms with Crippen molar-refractivity contribution in [2.24, 2.45) is 0 Å². The number of halogens is 1. The van der Waals surface area contributed by atoms with Gasteiger partial charge in [0.05, 0.1) is 23.9 Å². The van der Waals surface area contributed by atoms with E-state index in [0.29, 0.717) is 29.3 Å². The summed E-state index contributed by atoms with van der Waals surface area (Å²) in [6.45, 7) is 0.0803. The molecule has 2 aromatic rings. The Morgan fingerprint density at radius 3 is 2.62 bits per heavy atom. The van der Waals surface area contributed by atoms with Gasteiger partial charge in [-0.3, -0.25) is 0 Å². The monoisotopic (exact) mass is 348 g/mol. The first kappa shape index (κ1) is 18.1. The number of rotatable bonds is 7. The smallest absolute Gasteiger partial charge is 0.319 e. The quantitative estimate of drug-likeness (QED) is 0.708. The van der Waals surface area contributed by atoms with Crippen LogP contribution in [0.15, 0.2) is 48.5 Å². The largest absolute Gasteiger partial charge is 0.497 e. The molecule has 0 aliphatic rings. The first-order chi connectivity index (χ1) is 11.6. The minimum Gasteiger partial charge on any atom is -0.497 e. The number of nitrogens with one attached hydrogen (secondary N) is 2. The summed E-state index contributed by atoms with van der Waals surface area (Å²) in [5.74, 6) is 0.621. The Morgan fingerprint density at radius 1 is 1.25 bits per heavy atom. The minimum absolute atomic E-state index is 0.0803. The molecule has 2 amide bonds. The molecule has 2 rings (SSSR count). The number of aliphatic hydroxyl groups is 1. The van der Waals surface area contributed by atoms with Crippen molar-refractivity contribution < 1.29 is 14.6 Å². The summed E-state index contributed by atoms with van der Waals surface area (Å²) >= 11 is 6.13. The molecule has 2 aromatic carbocycles. The maximum Gasteiger partial charge on any atom is 0.319 e. The van der Waals surface area contributed by atoms with Crippen LogP contribution < -0.4 is 15.4 Å². The van der Waals surface area contributed by atoms with E-state index in [4.69, 9.17) is 21.4 Å². The lowest BCUT2D eigenvalue weighted by molar-refractivity contribution is 0.244. The summed E-state index contributed by atoms with van der Waals surface area (Å²) in [6, 6.07) is 14.2. The number of hydrogen-bond donors (Lipinski definition) is 3. The number of amides is 2. The Kier molecular flexibility index (Phi) is 6.90. The number of urea groups is 1. The molecule has 0 aromatic heterocycles. The van der Waals surface area contributed by atoms with Gasteiger partial charge in [-0.1, -0.05) is 41.9 Å². The van der Waals surface area contributed by atoms with Crippen LogP contribution in [0.4, 0.5) is 10.5 Å². The van der Waals surface area contributed by atoms with Gasteiger partial charge in [0.2, 0.25) is 0 Å². The number of ether oxygens (including phenoxy) is 1. The highest BCUT2D eigenvalue weighted by molar-refractivity contribution is 6.33. The summed E-state index contributed by atoms with van der Waals surface area (Å²) in [5, 5.41) is 15.1. The molecule has 0 aliphatic carbocycles. The van der Waals surface area contributed by atoms with E-state index in [0.717, 1.165) is 5.56 Å². The summed E-state index contributed by atoms with van der Waals surface area (Å²) in [4.78, 5) is 12.3. The van der Waals surface area contributed by atoms with E-state index in [9.17, 15) is 4.79 Å². The minimum atomic E-state index is -0.353. The second kappa shape index (κ2) is 9.15. The van der Waals surface area contributed by atoms with Gasteiger partial charge in [0, 0.05) is 12.7 Å². The number of aliphatic hydroxyl groups excluding tert-OH is 1. The number of methoxy groups -OCH3 is 1. The average molecular weight is 349 g/mol. The molecule has 128 valence electrons. The maximum absolute atomic E-state index is 12.3. The predicted molar refractivity (Wildman–Crippen MR) is 95.7 cm³/mol. The first-order valence-electron chi connectivity index (χ1n) is 7.71. The number of hydrogen-bond acceptors (Lipinski definition) is 3. The average Bonchev–Trinajstić information content (AvgIpc) is 2.61. The number of carbonyl (C=O) groups is 1. The van der Waals surface area contributed by atoms with Gasteiger partial charge >= 0.3 is 6.03 Å². The number of carbonyl (C=O) groups excluding carboxylic acids is 1. The highest BCUT2D eigenvalue weighted by Gasteiger charge is 2.15. The van der Waals surface area contributed by atoms with E-state index < -0.39 is 0 Å². The maximum atomic E-state index is 12.3. The number of benzene rings is 2. The van der Waals surface area contributed by atoms with Gasteiger partial charge in [-0.25, -0.2) is 4.79 Å². The van der Waals surface area contributed by atoms with Gasteiger partial charge in [-0.2, -0.15) is 0 Å². The van der Waals surface area contributed by atoms with Gasteiger partial charge < -0.3 is 20.5 Å². The summed E-state index contributed by atoms with van der Waals surface area (Å²) < 4.78 is 5.09. The normalized spacial score (nSPS) is 11.6. The standard InChI is InChI=1S/C18H21ClN2O3/c1-24-14-9-10-17(15(19)12-14)21-18(23)20-16(8-5-11-22)13-6-3-2-4-7-13/h2-4,6-7,9-10,12,16,22H,5,8,11H2,1H3,(H2,20,21,23). The Bertz CT molecular complexity index is 665. The molecule has 0 saturated carbocycles. The summed E-state index contributed by atoms with van der Waals surface area (Å²) in [5.41, 5.74) is 1.49. The van der Waals surface area contributed by atoms with Crippen molar-refractivity contribution in [1.82, 2.24) is 5.32 Å². The predicted octanol–water partition coefficient (Wildman–Crippen LogP) is 3.98. The molecule has 0 heterocycles. The Balaban J connectivity index is 2.05. The lowest BCUT2D eigenvalue weighted by atomic mass is 10.0. The highest BCUT2D eigenvalue weighted by atomic mass is 35.5. The molecule has 5 nitrogen and oxygen atoms in total. The van der Waals surface area contributed by atoms with Crippen molar-refractivity contribution in [3.05, 3.63) is 59.1 Å². The summed E-state index contributed by atoms with van der Waals surface area (Å²) in [6.07, 6.45) is 1.24. The Morgan fingerprint density at radius 2 is 2.00 bits per heavy atom. The molecular weight excluding hydrogens is 328 g/mol. The zero-order valence-electron chi connectivity index (χ0n) is 13.5. The molecule has 0 bridgehead atoms. The van der Waals surface area contributed by atoms with Gasteiger partial charge in [-0.15, -0.1) is 0 Å². The third-order valence-electron chi connectivity index (χ3n) is 3.58. The second-order valence-electron chi connectivity index (χ2n) is 5.27. The topological polar surface area (TPSA) is 70.6 Å². The van der Waals surface area contributed by atoms with Crippen LogP contribution in [0.1, 0.15) is 24.4 Å². The lowest BCUT2D eigenvalue weighted by Crippen LogP contribution is -2.32. The van der Waals surface area contributed by atoms with E-state index in [1.807, 2.05) is 30.3 Å². The first-order valence-corrected chi connectivity index (χ1v) is 8.08. The SMILES string of the molecule is COc1ccc(NC(=O)NC(CCCO)c2ccccc2)c(Cl)c1. The molecule has 0 spiro atoms. The van der Waals surface area contributed by atoms with Crippen molar-refractivity contribution in [2.75, 3.05) is 19.0 Å². The van der Waals surface area contributed by atoms with Crippen molar-refractivity contribution in [3.8, 4) is 5.75 Å². The van der Waals surface area contributed by atoms with Crippen LogP contribution in [-0.4, -0.2) is 24.9 Å². The van der Waals surface area contributed by atoms with Crippen LogP contribution in [0.2, 0.25) is 5.02 Å². The fourth-order valence-corrected chi connectivity index (χ4v) is 2.56. The van der Waals surface area contributed by atoms with Crippen molar-refractivity contribution in [2.45, 2.75) is 18.9 Å². The van der Waals surface area contributed by atoms with Crippen LogP contribution in [0.25, 0.3) is 0 Å². The Labute approximate surface area is 146 Å². The van der Waals surface area contributed by atoms with Crippen LogP contribution in [0.5, 0.6) is 5.75 Å². The van der Waals surface area contributed by atoms with Crippen molar-refractivity contribution in [3.63, 3.8) is 0 Å².